The highest BCUT2D eigenvalue weighted by molar-refractivity contribution is 5.86. The summed E-state index contributed by atoms with van der Waals surface area (Å²) in [7, 11) is 0. The maximum absolute atomic E-state index is 12.8. The van der Waals surface area contributed by atoms with Crippen molar-refractivity contribution in [2.75, 3.05) is 0 Å². The van der Waals surface area contributed by atoms with Gasteiger partial charge in [-0.05, 0) is 35.0 Å². The molecule has 0 N–H and O–H groups in total. The molecule has 3 nitrogen and oxygen atoms in total. The van der Waals surface area contributed by atoms with E-state index in [0.717, 1.165) is 28.5 Å². The van der Waals surface area contributed by atoms with Gasteiger partial charge in [0, 0.05) is 23.5 Å². The molecular formula is C22H15F3N2O. The second-order valence-corrected chi connectivity index (χ2v) is 6.26. The molecule has 1 aromatic heterocycles. The van der Waals surface area contributed by atoms with Crippen LogP contribution < -0.4 is 4.74 Å². The Hall–Kier alpha value is -3.41. The van der Waals surface area contributed by atoms with Gasteiger partial charge in [0.2, 0.25) is 0 Å². The molecule has 28 heavy (non-hydrogen) atoms. The zero-order valence-electron chi connectivity index (χ0n) is 14.6. The van der Waals surface area contributed by atoms with Gasteiger partial charge in [-0.3, -0.25) is 0 Å². The minimum Gasteiger partial charge on any atom is -0.481 e. The number of nitrogens with zero attached hydrogens (tertiary/aromatic N) is 2. The van der Waals surface area contributed by atoms with Gasteiger partial charge < -0.3 is 4.74 Å². The van der Waals surface area contributed by atoms with E-state index in [-0.39, 0.29) is 0 Å². The normalized spacial score (nSPS) is 12.7. The smallest absolute Gasteiger partial charge is 0.416 e. The van der Waals surface area contributed by atoms with E-state index in [9.17, 15) is 13.2 Å². The van der Waals surface area contributed by atoms with Crippen LogP contribution in [0, 0.1) is 0 Å². The van der Waals surface area contributed by atoms with Crippen molar-refractivity contribution in [3.05, 3.63) is 102 Å². The van der Waals surface area contributed by atoms with Crippen LogP contribution in [0.1, 0.15) is 22.8 Å². The summed E-state index contributed by atoms with van der Waals surface area (Å²) in [5.41, 5.74) is 0.871. The zero-order valence-corrected chi connectivity index (χ0v) is 14.6. The summed E-state index contributed by atoms with van der Waals surface area (Å²) in [6.07, 6.45) is -0.251. The highest BCUT2D eigenvalue weighted by atomic mass is 19.4. The zero-order chi connectivity index (χ0) is 19.6. The van der Waals surface area contributed by atoms with Crippen molar-refractivity contribution in [1.82, 2.24) is 9.97 Å². The monoisotopic (exact) mass is 380 g/mol. The molecule has 1 atom stereocenters. The van der Waals surface area contributed by atoms with Gasteiger partial charge in [-0.2, -0.15) is 13.2 Å². The molecule has 0 bridgehead atoms. The summed E-state index contributed by atoms with van der Waals surface area (Å²) in [5, 5.41) is 2.03. The van der Waals surface area contributed by atoms with Crippen molar-refractivity contribution < 1.29 is 17.9 Å². The average molecular weight is 380 g/mol. The SMILES string of the molecule is FC(F)(F)c1ccc(OC(c2cncnc2)c2cccc3ccccc23)cc1. The number of hydrogen-bond acceptors (Lipinski definition) is 3. The number of halogens is 3. The van der Waals surface area contributed by atoms with Crippen LogP contribution >= 0.6 is 0 Å². The summed E-state index contributed by atoms with van der Waals surface area (Å²) < 4.78 is 44.6. The van der Waals surface area contributed by atoms with Crippen LogP contribution in [0.2, 0.25) is 0 Å². The number of benzene rings is 3. The molecule has 3 aromatic carbocycles. The molecule has 0 aliphatic carbocycles. The molecule has 0 amide bonds. The van der Waals surface area contributed by atoms with Crippen LogP contribution in [0.3, 0.4) is 0 Å². The molecular weight excluding hydrogens is 365 g/mol. The second kappa shape index (κ2) is 7.31. The van der Waals surface area contributed by atoms with E-state index in [0.29, 0.717) is 11.3 Å². The first-order valence-corrected chi connectivity index (χ1v) is 8.59. The van der Waals surface area contributed by atoms with Crippen molar-refractivity contribution in [2.45, 2.75) is 12.3 Å². The molecule has 0 saturated heterocycles. The number of hydrogen-bond donors (Lipinski definition) is 0. The van der Waals surface area contributed by atoms with Crippen molar-refractivity contribution in [1.29, 1.82) is 0 Å². The third-order valence-corrected chi connectivity index (χ3v) is 4.42. The lowest BCUT2D eigenvalue weighted by Crippen LogP contribution is -2.11. The van der Waals surface area contributed by atoms with Gasteiger partial charge >= 0.3 is 6.18 Å². The predicted octanol–water partition coefficient (Wildman–Crippen LogP) is 5.82. The highest BCUT2D eigenvalue weighted by Gasteiger charge is 2.30. The number of rotatable bonds is 4. The Balaban J connectivity index is 1.77. The molecule has 6 heteroatoms. The van der Waals surface area contributed by atoms with Gasteiger partial charge in [-0.1, -0.05) is 42.5 Å². The van der Waals surface area contributed by atoms with Crippen LogP contribution in [0.25, 0.3) is 10.8 Å². The average Bonchev–Trinajstić information content (AvgIpc) is 2.72. The van der Waals surface area contributed by atoms with Crippen molar-refractivity contribution in [2.24, 2.45) is 0 Å². The van der Waals surface area contributed by atoms with Crippen molar-refractivity contribution in [3.63, 3.8) is 0 Å². The highest BCUT2D eigenvalue weighted by Crippen LogP contribution is 2.34. The van der Waals surface area contributed by atoms with Crippen molar-refractivity contribution in [3.8, 4) is 5.75 Å². The summed E-state index contributed by atoms with van der Waals surface area (Å²) in [5.74, 6) is 0.329. The molecule has 4 rings (SSSR count). The van der Waals surface area contributed by atoms with Gasteiger partial charge in [0.05, 0.1) is 5.56 Å². The molecule has 0 aliphatic rings. The fourth-order valence-electron chi connectivity index (χ4n) is 3.09. The van der Waals surface area contributed by atoms with Crippen LogP contribution in [-0.2, 0) is 6.18 Å². The first-order chi connectivity index (χ1) is 13.5. The lowest BCUT2D eigenvalue weighted by Gasteiger charge is -2.21. The van der Waals surface area contributed by atoms with Gasteiger partial charge in [-0.25, -0.2) is 9.97 Å². The number of alkyl halides is 3. The standard InChI is InChI=1S/C22H15F3N2O/c23-22(24,25)17-8-10-18(11-9-17)28-21(16-12-26-14-27-13-16)20-7-3-5-15-4-1-2-6-19(15)20/h1-14,21H. The van der Waals surface area contributed by atoms with Crippen molar-refractivity contribution >= 4 is 10.8 Å². The lowest BCUT2D eigenvalue weighted by molar-refractivity contribution is -0.137. The van der Waals surface area contributed by atoms with Gasteiger partial charge in [0.15, 0.2) is 6.10 Å². The Kier molecular flexibility index (Phi) is 4.69. The first-order valence-electron chi connectivity index (χ1n) is 8.59. The third kappa shape index (κ3) is 3.67. The Morgan fingerprint density at radius 2 is 1.46 bits per heavy atom. The van der Waals surface area contributed by atoms with Crippen LogP contribution in [0.15, 0.2) is 85.5 Å². The fourth-order valence-corrected chi connectivity index (χ4v) is 3.09. The Morgan fingerprint density at radius 1 is 0.786 bits per heavy atom. The molecule has 4 aromatic rings. The fraction of sp³-hybridized carbons (Fsp3) is 0.0909. The molecule has 0 fully saturated rings. The van der Waals surface area contributed by atoms with E-state index >= 15 is 0 Å². The summed E-state index contributed by atoms with van der Waals surface area (Å²) >= 11 is 0. The topological polar surface area (TPSA) is 35.0 Å². The van der Waals surface area contributed by atoms with E-state index in [2.05, 4.69) is 9.97 Å². The summed E-state index contributed by atoms with van der Waals surface area (Å²) in [4.78, 5) is 8.12. The molecule has 0 saturated carbocycles. The minimum absolute atomic E-state index is 0.329. The quantitative estimate of drug-likeness (QED) is 0.448. The van der Waals surface area contributed by atoms with Gasteiger partial charge in [0.25, 0.3) is 0 Å². The van der Waals surface area contributed by atoms with E-state index in [1.165, 1.54) is 18.5 Å². The maximum atomic E-state index is 12.8. The summed E-state index contributed by atoms with van der Waals surface area (Å²) in [6, 6.07) is 18.4. The predicted molar refractivity (Wildman–Crippen MR) is 99.9 cm³/mol. The largest absolute Gasteiger partial charge is 0.481 e. The van der Waals surface area contributed by atoms with Crippen LogP contribution in [0.4, 0.5) is 13.2 Å². The number of aromatic nitrogens is 2. The van der Waals surface area contributed by atoms with E-state index in [1.807, 2.05) is 42.5 Å². The van der Waals surface area contributed by atoms with Gasteiger partial charge in [-0.15, -0.1) is 0 Å². The third-order valence-electron chi connectivity index (χ3n) is 4.42. The lowest BCUT2D eigenvalue weighted by atomic mass is 9.97. The van der Waals surface area contributed by atoms with Crippen LogP contribution in [0.5, 0.6) is 5.75 Å². The molecule has 0 spiro atoms. The van der Waals surface area contributed by atoms with E-state index < -0.39 is 17.8 Å². The van der Waals surface area contributed by atoms with E-state index in [4.69, 9.17) is 4.74 Å². The number of ether oxygens (including phenoxy) is 1. The van der Waals surface area contributed by atoms with Gasteiger partial charge in [0.1, 0.15) is 12.1 Å². The minimum atomic E-state index is -4.39. The van der Waals surface area contributed by atoms with Crippen LogP contribution in [-0.4, -0.2) is 9.97 Å². The second-order valence-electron chi connectivity index (χ2n) is 6.26. The maximum Gasteiger partial charge on any atom is 0.416 e. The molecule has 0 radical (unpaired) electrons. The first kappa shape index (κ1) is 18.0. The van der Waals surface area contributed by atoms with E-state index in [1.54, 1.807) is 12.4 Å². The number of fused-ring (bicyclic) bond motifs is 1. The Labute approximate surface area is 159 Å². The molecule has 0 aliphatic heterocycles. The molecule has 140 valence electrons. The Bertz CT molecular complexity index is 1070. The molecule has 1 unspecified atom stereocenters. The Morgan fingerprint density at radius 3 is 2.18 bits per heavy atom. The summed E-state index contributed by atoms with van der Waals surface area (Å²) in [6.45, 7) is 0. The molecule has 1 heterocycles.